The Morgan fingerprint density at radius 1 is 0.851 bits per heavy atom. The van der Waals surface area contributed by atoms with E-state index in [0.717, 1.165) is 19.4 Å². The maximum Gasteiger partial charge on any atom is 0.349 e. The number of nitriles is 1. The van der Waals surface area contributed by atoms with Gasteiger partial charge in [0.15, 0.2) is 6.10 Å². The summed E-state index contributed by atoms with van der Waals surface area (Å²) >= 11 is 0. The van der Waals surface area contributed by atoms with Gasteiger partial charge in [0.1, 0.15) is 0 Å². The zero-order chi connectivity index (χ0) is 34.2. The van der Waals surface area contributed by atoms with Gasteiger partial charge in [-0.1, -0.05) is 80.6 Å². The third-order valence-electron chi connectivity index (χ3n) is 8.06. The van der Waals surface area contributed by atoms with Gasteiger partial charge in [0, 0.05) is 13.1 Å². The van der Waals surface area contributed by atoms with Crippen LogP contribution in [0.1, 0.15) is 53.0 Å². The molecule has 0 aromatic heterocycles. The Morgan fingerprint density at radius 2 is 1.32 bits per heavy atom. The van der Waals surface area contributed by atoms with Crippen molar-refractivity contribution in [3.05, 3.63) is 108 Å². The van der Waals surface area contributed by atoms with Crippen LogP contribution in [-0.4, -0.2) is 78.8 Å². The molecule has 1 unspecified atom stereocenters. The van der Waals surface area contributed by atoms with Crippen LogP contribution in [0.15, 0.2) is 91.0 Å². The summed E-state index contributed by atoms with van der Waals surface area (Å²) in [6.07, 6.45) is -2.56. The molecule has 0 spiro atoms. The van der Waals surface area contributed by atoms with Crippen molar-refractivity contribution >= 4 is 23.9 Å². The number of ether oxygens (including phenoxy) is 2. The molecular weight excluding hydrogens is 602 g/mol. The van der Waals surface area contributed by atoms with Crippen LogP contribution in [-0.2, 0) is 24.5 Å². The molecule has 0 amide bonds. The fourth-order valence-corrected chi connectivity index (χ4v) is 5.35. The van der Waals surface area contributed by atoms with Crippen molar-refractivity contribution in [2.45, 2.75) is 44.3 Å². The molecule has 0 bridgehead atoms. The van der Waals surface area contributed by atoms with Gasteiger partial charge in [0.25, 0.3) is 0 Å². The summed E-state index contributed by atoms with van der Waals surface area (Å²) in [5.74, 6) is -5.66. The number of benzene rings is 3. The number of hydrogen-bond acceptors (Lipinski definition) is 9. The summed E-state index contributed by atoms with van der Waals surface area (Å²) in [5, 5.41) is 32.8. The molecule has 0 saturated carbocycles. The van der Waals surface area contributed by atoms with E-state index in [1.54, 1.807) is 12.1 Å². The number of quaternary nitrogens is 1. The number of piperazine rings is 1. The number of hydrogen-bond donors (Lipinski definition) is 2. The van der Waals surface area contributed by atoms with Gasteiger partial charge in [-0.3, -0.25) is 4.90 Å². The number of carbonyl (C=O) groups excluding carboxylic acids is 3. The molecule has 1 saturated heterocycles. The number of carboxylic acid groups (broad SMARTS) is 2. The zero-order valence-corrected chi connectivity index (χ0v) is 26.6. The SMILES string of the molecule is CC(C)C(C#N)(CCCN1CC[NH2+]CC1)c1ccccc1.O=C(O[C@H](C(=O)[O-])[C@H](OC(=O)c1ccccc1)C(=O)O)c1ccccc1. The average Bonchev–Trinajstić information content (AvgIpc) is 3.09. The maximum absolute atomic E-state index is 12.0. The van der Waals surface area contributed by atoms with Gasteiger partial charge in [0.05, 0.1) is 41.7 Å². The van der Waals surface area contributed by atoms with E-state index in [4.69, 9.17) is 9.47 Å². The Bertz CT molecular complexity index is 1420. The number of rotatable bonds is 13. The highest BCUT2D eigenvalue weighted by molar-refractivity contribution is 5.95. The molecule has 1 aliphatic rings. The quantitative estimate of drug-likeness (QED) is 0.262. The molecule has 3 aromatic rings. The van der Waals surface area contributed by atoms with E-state index in [9.17, 15) is 34.7 Å². The molecule has 3 aromatic carbocycles. The van der Waals surface area contributed by atoms with E-state index in [2.05, 4.69) is 42.3 Å². The highest BCUT2D eigenvalue weighted by Crippen LogP contribution is 2.36. The molecule has 3 N–H and O–H groups in total. The summed E-state index contributed by atoms with van der Waals surface area (Å²) < 4.78 is 9.42. The number of carbonyl (C=O) groups is 4. The van der Waals surface area contributed by atoms with E-state index < -0.39 is 36.1 Å². The molecule has 0 aliphatic carbocycles. The third-order valence-corrected chi connectivity index (χ3v) is 8.06. The van der Waals surface area contributed by atoms with Gasteiger partial charge in [-0.25, -0.2) is 14.4 Å². The van der Waals surface area contributed by atoms with Gasteiger partial charge in [-0.2, -0.15) is 5.26 Å². The molecule has 4 rings (SSSR count). The minimum absolute atomic E-state index is 0.00252. The lowest BCUT2D eigenvalue weighted by Gasteiger charge is -2.33. The topological polar surface area (TPSA) is 174 Å². The van der Waals surface area contributed by atoms with Crippen LogP contribution in [0.25, 0.3) is 0 Å². The first kappa shape index (κ1) is 36.4. The number of carboxylic acids is 2. The monoisotopic (exact) mass is 643 g/mol. The van der Waals surface area contributed by atoms with Crippen LogP contribution in [0.3, 0.4) is 0 Å². The van der Waals surface area contributed by atoms with E-state index in [1.807, 2.05) is 18.2 Å². The minimum Gasteiger partial charge on any atom is -0.546 e. The summed E-state index contributed by atoms with van der Waals surface area (Å²) in [4.78, 5) is 49.2. The van der Waals surface area contributed by atoms with Gasteiger partial charge in [-0.05, 0) is 55.1 Å². The van der Waals surface area contributed by atoms with Gasteiger partial charge in [0.2, 0.25) is 6.10 Å². The molecule has 3 atom stereocenters. The van der Waals surface area contributed by atoms with Crippen molar-refractivity contribution in [1.82, 2.24) is 4.90 Å². The molecule has 11 heteroatoms. The van der Waals surface area contributed by atoms with Crippen LogP contribution < -0.4 is 10.4 Å². The lowest BCUT2D eigenvalue weighted by atomic mass is 9.70. The average molecular weight is 644 g/mol. The first-order valence-corrected chi connectivity index (χ1v) is 15.6. The van der Waals surface area contributed by atoms with Gasteiger partial charge in [-0.15, -0.1) is 0 Å². The molecule has 1 aliphatic heterocycles. The first-order chi connectivity index (χ1) is 22.6. The van der Waals surface area contributed by atoms with E-state index in [0.29, 0.717) is 5.92 Å². The Kier molecular flexibility index (Phi) is 14.1. The smallest absolute Gasteiger partial charge is 0.349 e. The maximum atomic E-state index is 12.0. The fraction of sp³-hybridized carbons (Fsp3) is 0.361. The summed E-state index contributed by atoms with van der Waals surface area (Å²) in [6, 6.07) is 27.7. The molecule has 0 radical (unpaired) electrons. The molecule has 11 nitrogen and oxygen atoms in total. The Hall–Kier alpha value is -5.05. The Labute approximate surface area is 274 Å². The Balaban J connectivity index is 0.000000261. The van der Waals surface area contributed by atoms with E-state index in [-0.39, 0.29) is 16.5 Å². The van der Waals surface area contributed by atoms with Crippen LogP contribution in [0.2, 0.25) is 0 Å². The molecule has 1 heterocycles. The van der Waals surface area contributed by atoms with E-state index in [1.165, 1.54) is 80.3 Å². The number of nitrogens with two attached hydrogens (primary N) is 1. The van der Waals surface area contributed by atoms with Gasteiger partial charge >= 0.3 is 17.9 Å². The number of nitrogens with zero attached hydrogens (tertiary/aromatic N) is 2. The fourth-order valence-electron chi connectivity index (χ4n) is 5.35. The lowest BCUT2D eigenvalue weighted by Crippen LogP contribution is -2.89. The normalized spacial score (nSPS) is 15.4. The molecule has 248 valence electrons. The first-order valence-electron chi connectivity index (χ1n) is 15.6. The predicted molar refractivity (Wildman–Crippen MR) is 170 cm³/mol. The predicted octanol–water partition coefficient (Wildman–Crippen LogP) is 2.04. The van der Waals surface area contributed by atoms with Gasteiger partial charge < -0.3 is 29.8 Å². The summed E-state index contributed by atoms with van der Waals surface area (Å²) in [5.41, 5.74) is 0.834. The van der Waals surface area contributed by atoms with Crippen molar-refractivity contribution in [1.29, 1.82) is 5.26 Å². The third kappa shape index (κ3) is 10.5. The number of esters is 2. The lowest BCUT2D eigenvalue weighted by molar-refractivity contribution is -0.663. The van der Waals surface area contributed by atoms with Crippen molar-refractivity contribution in [3.8, 4) is 6.07 Å². The molecular formula is C36H41N3O8. The van der Waals surface area contributed by atoms with Crippen LogP contribution in [0, 0.1) is 17.2 Å². The highest BCUT2D eigenvalue weighted by Gasteiger charge is 2.37. The summed E-state index contributed by atoms with van der Waals surface area (Å²) in [7, 11) is 0. The van der Waals surface area contributed by atoms with Crippen molar-refractivity contribution < 1.29 is 44.2 Å². The van der Waals surface area contributed by atoms with Crippen molar-refractivity contribution in [2.24, 2.45) is 5.92 Å². The second kappa shape index (κ2) is 18.2. The van der Waals surface area contributed by atoms with E-state index >= 15 is 0 Å². The zero-order valence-electron chi connectivity index (χ0n) is 26.6. The summed E-state index contributed by atoms with van der Waals surface area (Å²) in [6.45, 7) is 10.3. The highest BCUT2D eigenvalue weighted by atomic mass is 16.6. The minimum atomic E-state index is -2.33. The second-order valence-electron chi connectivity index (χ2n) is 11.5. The second-order valence-corrected chi connectivity index (χ2v) is 11.5. The van der Waals surface area contributed by atoms with Crippen molar-refractivity contribution in [2.75, 3.05) is 32.7 Å². The Morgan fingerprint density at radius 3 is 1.74 bits per heavy atom. The number of aliphatic carboxylic acids is 2. The molecule has 47 heavy (non-hydrogen) atoms. The van der Waals surface area contributed by atoms with Crippen LogP contribution in [0.4, 0.5) is 0 Å². The molecule has 1 fully saturated rings. The standard InChI is InChI=1S/C18H27N3.C18H14O8/c1-16(2)18(15-19,17-7-4-3-5-8-17)9-6-12-21-13-10-20-11-14-21;19-15(20)13(25-17(23)11-7-3-1-4-8-11)14(16(21)22)26-18(24)12-9-5-2-6-10-12/h3-5,7-8,16,20H,6,9-14H2,1-2H3;1-10,13-14H,(H,19,20)(H,21,22)/t;13-,14-/m.0/s1. The van der Waals surface area contributed by atoms with Crippen molar-refractivity contribution in [3.63, 3.8) is 0 Å². The largest absolute Gasteiger partial charge is 0.546 e. The van der Waals surface area contributed by atoms with Crippen LogP contribution >= 0.6 is 0 Å². The van der Waals surface area contributed by atoms with Crippen LogP contribution in [0.5, 0.6) is 0 Å².